The van der Waals surface area contributed by atoms with Crippen LogP contribution in [0.15, 0.2) is 36.8 Å². The third-order valence-electron chi connectivity index (χ3n) is 5.49. The number of aliphatic hydroxyl groups is 1. The third kappa shape index (κ3) is 4.16. The smallest absolute Gasteiger partial charge is 0.150 e. The van der Waals surface area contributed by atoms with Gasteiger partial charge in [-0.05, 0) is 18.2 Å². The highest BCUT2D eigenvalue weighted by molar-refractivity contribution is 5.85. The Hall–Kier alpha value is -2.90. The number of aromatic nitrogens is 3. The molecule has 5 heterocycles. The van der Waals surface area contributed by atoms with Crippen LogP contribution in [0.5, 0.6) is 5.75 Å². The molecule has 0 aromatic carbocycles. The Balaban J connectivity index is 0.00000231. The van der Waals surface area contributed by atoms with Crippen molar-refractivity contribution in [3.8, 4) is 22.9 Å². The Bertz CT molecular complexity index is 1090. The molecule has 0 aliphatic carbocycles. The monoisotopic (exact) mass is 442 g/mol. The van der Waals surface area contributed by atoms with E-state index in [4.69, 9.17) is 9.47 Å². The molecule has 0 saturated carbocycles. The normalized spacial score (nSPS) is 21.0. The first-order valence-corrected chi connectivity index (χ1v) is 9.99. The molecule has 2 aliphatic heterocycles. The van der Waals surface area contributed by atoms with Crippen molar-refractivity contribution in [1.82, 2.24) is 19.9 Å². The van der Waals surface area contributed by atoms with Crippen molar-refractivity contribution in [3.05, 3.63) is 42.4 Å². The van der Waals surface area contributed by atoms with Crippen molar-refractivity contribution in [2.45, 2.75) is 12.2 Å². The molecule has 5 rings (SSSR count). The van der Waals surface area contributed by atoms with Gasteiger partial charge in [0, 0.05) is 43.5 Å². The van der Waals surface area contributed by atoms with Gasteiger partial charge in [0.2, 0.25) is 0 Å². The number of anilines is 1. The highest BCUT2D eigenvalue weighted by Gasteiger charge is 2.28. The predicted molar refractivity (Wildman–Crippen MR) is 117 cm³/mol. The van der Waals surface area contributed by atoms with Crippen LogP contribution in [0.2, 0.25) is 0 Å². The number of fused-ring (bicyclic) bond motifs is 1. The van der Waals surface area contributed by atoms with E-state index in [1.54, 1.807) is 16.9 Å². The lowest BCUT2D eigenvalue weighted by Gasteiger charge is -2.28. The quantitative estimate of drug-likeness (QED) is 0.621. The zero-order chi connectivity index (χ0) is 20.5. The second kappa shape index (κ2) is 9.08. The van der Waals surface area contributed by atoms with Crippen molar-refractivity contribution in [2.24, 2.45) is 0 Å². The highest BCUT2D eigenvalue weighted by atomic mass is 35.5. The maximum Gasteiger partial charge on any atom is 0.150 e. The van der Waals surface area contributed by atoms with Gasteiger partial charge in [0.15, 0.2) is 0 Å². The Morgan fingerprint density at radius 2 is 2.06 bits per heavy atom. The Labute approximate surface area is 185 Å². The molecule has 0 spiro atoms. The average Bonchev–Trinajstić information content (AvgIpc) is 3.40. The summed E-state index contributed by atoms with van der Waals surface area (Å²) in [6.45, 7) is 4.33. The first-order valence-electron chi connectivity index (χ1n) is 9.99. The second-order valence-corrected chi connectivity index (χ2v) is 7.46. The number of rotatable bonds is 4. The van der Waals surface area contributed by atoms with Gasteiger partial charge >= 0.3 is 0 Å². The standard InChI is InChI=1S/C21H22N6O3.ClH/c22-8-15-10-25-27-11-16(30-19-13-29-12-18(19)28)7-17(21(15)27)14-1-2-20(24-9-14)26-5-3-23-4-6-26;/h1-2,7,9-11,18-19,23,28H,3-6,12-13H2;1H/t18-,19?;/m0./s1. The summed E-state index contributed by atoms with van der Waals surface area (Å²) in [5.41, 5.74) is 2.84. The Morgan fingerprint density at radius 3 is 2.74 bits per heavy atom. The minimum atomic E-state index is -0.670. The molecule has 2 atom stereocenters. The molecule has 0 bridgehead atoms. The summed E-state index contributed by atoms with van der Waals surface area (Å²) in [6, 6.07) is 8.08. The van der Waals surface area contributed by atoms with Gasteiger partial charge < -0.3 is 24.8 Å². The lowest BCUT2D eigenvalue weighted by atomic mass is 10.1. The molecule has 9 nitrogen and oxygen atoms in total. The number of hydrogen-bond acceptors (Lipinski definition) is 8. The second-order valence-electron chi connectivity index (χ2n) is 7.46. The molecule has 2 saturated heterocycles. The van der Waals surface area contributed by atoms with Gasteiger partial charge in [-0.3, -0.25) is 0 Å². The van der Waals surface area contributed by atoms with Gasteiger partial charge in [-0.15, -0.1) is 12.4 Å². The van der Waals surface area contributed by atoms with Crippen LogP contribution in [0.4, 0.5) is 5.82 Å². The van der Waals surface area contributed by atoms with Crippen molar-refractivity contribution in [1.29, 1.82) is 5.26 Å². The van der Waals surface area contributed by atoms with Crippen LogP contribution < -0.4 is 15.0 Å². The van der Waals surface area contributed by atoms with Crippen LogP contribution in [0, 0.1) is 11.3 Å². The molecule has 10 heteroatoms. The molecule has 2 fully saturated rings. The van der Waals surface area contributed by atoms with E-state index in [9.17, 15) is 10.4 Å². The number of nitriles is 1. The number of halogens is 1. The minimum Gasteiger partial charge on any atom is -0.484 e. The Kier molecular flexibility index (Phi) is 6.25. The lowest BCUT2D eigenvalue weighted by molar-refractivity contribution is 0.0730. The molecule has 3 aromatic heterocycles. The molecule has 0 amide bonds. The van der Waals surface area contributed by atoms with E-state index in [1.807, 2.05) is 24.4 Å². The van der Waals surface area contributed by atoms with Crippen molar-refractivity contribution in [2.75, 3.05) is 44.3 Å². The molecule has 0 radical (unpaired) electrons. The molecule has 162 valence electrons. The summed E-state index contributed by atoms with van der Waals surface area (Å²) in [4.78, 5) is 6.90. The van der Waals surface area contributed by atoms with Crippen LogP contribution in [-0.4, -0.2) is 71.3 Å². The van der Waals surface area contributed by atoms with Gasteiger partial charge in [-0.1, -0.05) is 0 Å². The van der Waals surface area contributed by atoms with Crippen LogP contribution in [0.3, 0.4) is 0 Å². The lowest BCUT2D eigenvalue weighted by Crippen LogP contribution is -2.43. The maximum atomic E-state index is 10.0. The minimum absolute atomic E-state index is 0. The Morgan fingerprint density at radius 1 is 1.23 bits per heavy atom. The fourth-order valence-electron chi connectivity index (χ4n) is 3.90. The van der Waals surface area contributed by atoms with E-state index in [-0.39, 0.29) is 19.0 Å². The summed E-state index contributed by atoms with van der Waals surface area (Å²) >= 11 is 0. The fraction of sp³-hybridized carbons (Fsp3) is 0.381. The average molecular weight is 443 g/mol. The highest BCUT2D eigenvalue weighted by Crippen LogP contribution is 2.32. The number of aliphatic hydroxyl groups excluding tert-OH is 1. The van der Waals surface area contributed by atoms with Gasteiger partial charge in [0.05, 0.1) is 36.7 Å². The molecule has 1 unspecified atom stereocenters. The van der Waals surface area contributed by atoms with Crippen molar-refractivity contribution >= 4 is 23.7 Å². The number of hydrogen-bond donors (Lipinski definition) is 2. The molecule has 2 N–H and O–H groups in total. The van der Waals surface area contributed by atoms with E-state index in [2.05, 4.69) is 26.4 Å². The third-order valence-corrected chi connectivity index (χ3v) is 5.49. The number of nitrogens with zero attached hydrogens (tertiary/aromatic N) is 5. The van der Waals surface area contributed by atoms with E-state index < -0.39 is 12.2 Å². The van der Waals surface area contributed by atoms with Crippen LogP contribution >= 0.6 is 12.4 Å². The number of piperazine rings is 1. The first-order chi connectivity index (χ1) is 14.7. The van der Waals surface area contributed by atoms with E-state index >= 15 is 0 Å². The molecular formula is C21H23ClN6O3. The first kappa shape index (κ1) is 21.3. The van der Waals surface area contributed by atoms with Crippen LogP contribution in [0.1, 0.15) is 5.56 Å². The summed E-state index contributed by atoms with van der Waals surface area (Å²) in [5.74, 6) is 1.48. The van der Waals surface area contributed by atoms with Crippen LogP contribution in [0.25, 0.3) is 16.6 Å². The predicted octanol–water partition coefficient (Wildman–Crippen LogP) is 1.24. The van der Waals surface area contributed by atoms with Gasteiger partial charge in [-0.25, -0.2) is 9.50 Å². The zero-order valence-corrected chi connectivity index (χ0v) is 17.6. The summed E-state index contributed by atoms with van der Waals surface area (Å²) in [5, 5.41) is 27.2. The zero-order valence-electron chi connectivity index (χ0n) is 16.8. The molecular weight excluding hydrogens is 420 g/mol. The largest absolute Gasteiger partial charge is 0.484 e. The topological polar surface area (TPSA) is 108 Å². The SMILES string of the molecule is Cl.N#Cc1cnn2cc(OC3COC[C@@H]3O)cc(-c3ccc(N4CCNCC4)nc3)c12. The van der Waals surface area contributed by atoms with Gasteiger partial charge in [-0.2, -0.15) is 10.4 Å². The summed E-state index contributed by atoms with van der Waals surface area (Å²) in [7, 11) is 0. The maximum absolute atomic E-state index is 10.0. The molecule has 3 aromatic rings. The van der Waals surface area contributed by atoms with E-state index in [0.29, 0.717) is 23.4 Å². The fourth-order valence-corrected chi connectivity index (χ4v) is 3.90. The molecule has 31 heavy (non-hydrogen) atoms. The molecule has 2 aliphatic rings. The number of ether oxygens (including phenoxy) is 2. The number of pyridine rings is 2. The van der Waals surface area contributed by atoms with E-state index in [1.165, 1.54) is 0 Å². The van der Waals surface area contributed by atoms with Crippen molar-refractivity contribution < 1.29 is 14.6 Å². The van der Waals surface area contributed by atoms with Gasteiger partial charge in [0.25, 0.3) is 0 Å². The number of nitrogens with one attached hydrogen (secondary N) is 1. The van der Waals surface area contributed by atoms with Gasteiger partial charge in [0.1, 0.15) is 29.8 Å². The summed E-state index contributed by atoms with van der Waals surface area (Å²) < 4.78 is 12.9. The van der Waals surface area contributed by atoms with E-state index in [0.717, 1.165) is 43.1 Å². The van der Waals surface area contributed by atoms with Crippen LogP contribution in [-0.2, 0) is 4.74 Å². The summed E-state index contributed by atoms with van der Waals surface area (Å²) in [6.07, 6.45) is 3.97. The van der Waals surface area contributed by atoms with Crippen molar-refractivity contribution in [3.63, 3.8) is 0 Å².